The molecule has 7 heteroatoms. The summed E-state index contributed by atoms with van der Waals surface area (Å²) < 4.78 is 0. The van der Waals surface area contributed by atoms with Crippen LogP contribution in [0, 0.1) is 26.7 Å². The molecular formula is C26H26N4O3. The van der Waals surface area contributed by atoms with Crippen molar-refractivity contribution in [1.82, 2.24) is 19.9 Å². The van der Waals surface area contributed by atoms with Gasteiger partial charge in [0.15, 0.2) is 5.78 Å². The SMILES string of the molecule is Cc1cnc(CCC(=O)CC2CC(=O)C(c3c(C)cc(-c4cncnc4)cc3C)C2=O)cn1. The molecule has 2 aromatic heterocycles. The minimum atomic E-state index is -0.799. The molecule has 1 aromatic carbocycles. The fraction of sp³-hybridized carbons (Fsp3) is 0.346. The Morgan fingerprint density at radius 2 is 1.64 bits per heavy atom. The zero-order valence-corrected chi connectivity index (χ0v) is 19.0. The summed E-state index contributed by atoms with van der Waals surface area (Å²) in [4.78, 5) is 55.2. The first kappa shape index (κ1) is 22.6. The van der Waals surface area contributed by atoms with E-state index in [1.807, 2.05) is 32.9 Å². The molecule has 1 saturated carbocycles. The first-order valence-corrected chi connectivity index (χ1v) is 11.1. The Bertz CT molecular complexity index is 1180. The van der Waals surface area contributed by atoms with Crippen molar-refractivity contribution in [3.05, 3.63) is 71.3 Å². The smallest absolute Gasteiger partial charge is 0.151 e. The molecule has 1 aliphatic rings. The molecule has 0 aliphatic heterocycles. The van der Waals surface area contributed by atoms with Gasteiger partial charge in [0.2, 0.25) is 0 Å². The predicted octanol–water partition coefficient (Wildman–Crippen LogP) is 3.69. The van der Waals surface area contributed by atoms with E-state index in [2.05, 4.69) is 19.9 Å². The third kappa shape index (κ3) is 4.92. The number of ketones is 3. The maximum Gasteiger partial charge on any atom is 0.151 e. The Hall–Kier alpha value is -3.61. The molecule has 2 unspecified atom stereocenters. The summed E-state index contributed by atoms with van der Waals surface area (Å²) in [5.41, 5.74) is 5.91. The summed E-state index contributed by atoms with van der Waals surface area (Å²) in [5, 5.41) is 0. The second-order valence-electron chi connectivity index (χ2n) is 8.75. The molecule has 7 nitrogen and oxygen atoms in total. The van der Waals surface area contributed by atoms with Gasteiger partial charge in [0, 0.05) is 55.5 Å². The number of hydrogen-bond acceptors (Lipinski definition) is 7. The van der Waals surface area contributed by atoms with E-state index in [1.165, 1.54) is 6.33 Å². The first-order chi connectivity index (χ1) is 15.8. The second kappa shape index (κ2) is 9.48. The van der Waals surface area contributed by atoms with Crippen LogP contribution in [0.5, 0.6) is 0 Å². The summed E-state index contributed by atoms with van der Waals surface area (Å²) in [6.45, 7) is 5.68. The Morgan fingerprint density at radius 3 is 2.27 bits per heavy atom. The lowest BCUT2D eigenvalue weighted by Gasteiger charge is -2.17. The maximum atomic E-state index is 13.2. The third-order valence-electron chi connectivity index (χ3n) is 6.20. The van der Waals surface area contributed by atoms with Gasteiger partial charge in [-0.25, -0.2) is 9.97 Å². The zero-order valence-electron chi connectivity index (χ0n) is 19.0. The Labute approximate surface area is 192 Å². The average Bonchev–Trinajstić information content (AvgIpc) is 3.06. The molecule has 33 heavy (non-hydrogen) atoms. The quantitative estimate of drug-likeness (QED) is 0.514. The fourth-order valence-electron chi connectivity index (χ4n) is 4.57. The van der Waals surface area contributed by atoms with Gasteiger partial charge in [0.25, 0.3) is 0 Å². The molecule has 0 bridgehead atoms. The summed E-state index contributed by atoms with van der Waals surface area (Å²) in [7, 11) is 0. The Balaban J connectivity index is 1.46. The monoisotopic (exact) mass is 442 g/mol. The maximum absolute atomic E-state index is 13.2. The van der Waals surface area contributed by atoms with Crippen LogP contribution < -0.4 is 0 Å². The number of Topliss-reactive ketones (excluding diaryl/α,β-unsaturated/α-hetero) is 3. The normalized spacial score (nSPS) is 18.0. The molecule has 168 valence electrons. The van der Waals surface area contributed by atoms with Crippen molar-refractivity contribution in [3.8, 4) is 11.1 Å². The van der Waals surface area contributed by atoms with Gasteiger partial charge in [0.1, 0.15) is 23.8 Å². The number of hydrogen-bond donors (Lipinski definition) is 0. The van der Waals surface area contributed by atoms with E-state index in [-0.39, 0.29) is 36.6 Å². The van der Waals surface area contributed by atoms with Crippen LogP contribution in [0.15, 0.2) is 43.2 Å². The molecule has 1 fully saturated rings. The lowest BCUT2D eigenvalue weighted by Crippen LogP contribution is -2.19. The summed E-state index contributed by atoms with van der Waals surface area (Å²) in [6, 6.07) is 3.92. The molecule has 1 aliphatic carbocycles. The highest BCUT2D eigenvalue weighted by atomic mass is 16.2. The molecule has 0 radical (unpaired) electrons. The first-order valence-electron chi connectivity index (χ1n) is 11.1. The van der Waals surface area contributed by atoms with Crippen molar-refractivity contribution < 1.29 is 14.4 Å². The van der Waals surface area contributed by atoms with Crippen LogP contribution in [-0.2, 0) is 20.8 Å². The topological polar surface area (TPSA) is 103 Å². The highest BCUT2D eigenvalue weighted by molar-refractivity contribution is 6.15. The van der Waals surface area contributed by atoms with E-state index in [9.17, 15) is 14.4 Å². The number of benzene rings is 1. The van der Waals surface area contributed by atoms with Gasteiger partial charge in [-0.2, -0.15) is 0 Å². The van der Waals surface area contributed by atoms with Crippen LogP contribution in [0.2, 0.25) is 0 Å². The van der Waals surface area contributed by atoms with Crippen LogP contribution in [0.4, 0.5) is 0 Å². The van der Waals surface area contributed by atoms with Gasteiger partial charge in [-0.3, -0.25) is 24.4 Å². The number of carbonyl (C=O) groups is 3. The Kier molecular flexibility index (Phi) is 6.49. The average molecular weight is 443 g/mol. The molecule has 0 spiro atoms. The van der Waals surface area contributed by atoms with Crippen molar-refractivity contribution in [1.29, 1.82) is 0 Å². The lowest BCUT2D eigenvalue weighted by atomic mass is 9.85. The van der Waals surface area contributed by atoms with Crippen LogP contribution in [0.3, 0.4) is 0 Å². The van der Waals surface area contributed by atoms with E-state index >= 15 is 0 Å². The van der Waals surface area contributed by atoms with E-state index in [4.69, 9.17) is 0 Å². The largest absolute Gasteiger partial charge is 0.300 e. The van der Waals surface area contributed by atoms with E-state index in [0.717, 1.165) is 39.2 Å². The van der Waals surface area contributed by atoms with Crippen molar-refractivity contribution in [3.63, 3.8) is 0 Å². The number of aryl methyl sites for hydroxylation is 4. The number of nitrogens with zero attached hydrogens (tertiary/aromatic N) is 4. The Morgan fingerprint density at radius 1 is 0.939 bits per heavy atom. The van der Waals surface area contributed by atoms with Gasteiger partial charge in [-0.05, 0) is 49.4 Å². The van der Waals surface area contributed by atoms with Crippen LogP contribution in [0.1, 0.15) is 53.3 Å². The second-order valence-corrected chi connectivity index (χ2v) is 8.75. The minimum absolute atomic E-state index is 0.0305. The summed E-state index contributed by atoms with van der Waals surface area (Å²) in [5.74, 6) is -1.64. The number of rotatable bonds is 7. The predicted molar refractivity (Wildman–Crippen MR) is 123 cm³/mol. The van der Waals surface area contributed by atoms with Crippen LogP contribution >= 0.6 is 0 Å². The summed E-state index contributed by atoms with van der Waals surface area (Å²) in [6.07, 6.45) is 9.25. The van der Waals surface area contributed by atoms with Crippen molar-refractivity contribution in [2.45, 2.75) is 52.4 Å². The zero-order chi connectivity index (χ0) is 23.5. The molecule has 0 N–H and O–H groups in total. The third-order valence-corrected chi connectivity index (χ3v) is 6.20. The fourth-order valence-corrected chi connectivity index (χ4v) is 4.57. The van der Waals surface area contributed by atoms with Gasteiger partial charge in [-0.15, -0.1) is 0 Å². The molecule has 3 aromatic rings. The lowest BCUT2D eigenvalue weighted by molar-refractivity contribution is -0.127. The molecular weight excluding hydrogens is 416 g/mol. The van der Waals surface area contributed by atoms with Crippen molar-refractivity contribution in [2.24, 2.45) is 5.92 Å². The van der Waals surface area contributed by atoms with Crippen LogP contribution in [-0.4, -0.2) is 37.3 Å². The number of carbonyl (C=O) groups excluding carboxylic acids is 3. The van der Waals surface area contributed by atoms with Gasteiger partial charge >= 0.3 is 0 Å². The van der Waals surface area contributed by atoms with E-state index in [1.54, 1.807) is 24.8 Å². The highest BCUT2D eigenvalue weighted by Crippen LogP contribution is 2.38. The van der Waals surface area contributed by atoms with Crippen molar-refractivity contribution >= 4 is 17.3 Å². The van der Waals surface area contributed by atoms with Crippen LogP contribution in [0.25, 0.3) is 11.1 Å². The van der Waals surface area contributed by atoms with E-state index in [0.29, 0.717) is 6.42 Å². The van der Waals surface area contributed by atoms with E-state index < -0.39 is 11.8 Å². The highest BCUT2D eigenvalue weighted by Gasteiger charge is 2.43. The molecule has 2 heterocycles. The van der Waals surface area contributed by atoms with Gasteiger partial charge in [-0.1, -0.05) is 12.1 Å². The van der Waals surface area contributed by atoms with Gasteiger partial charge < -0.3 is 0 Å². The van der Waals surface area contributed by atoms with Crippen molar-refractivity contribution in [2.75, 3.05) is 0 Å². The van der Waals surface area contributed by atoms with Gasteiger partial charge in [0.05, 0.1) is 11.4 Å². The summed E-state index contributed by atoms with van der Waals surface area (Å²) >= 11 is 0. The minimum Gasteiger partial charge on any atom is -0.300 e. The standard InChI is InChI=1S/C26H26N4O3/c1-15-6-18(20-11-27-14-28-12-20)7-16(2)24(15)25-23(32)9-19(26(25)33)8-22(31)5-4-21-13-29-17(3)10-30-21/h6-7,10-14,19,25H,4-5,8-9H2,1-3H3. The molecule has 0 amide bonds. The number of aromatic nitrogens is 4. The molecule has 4 rings (SSSR count). The molecule has 0 saturated heterocycles. The molecule has 2 atom stereocenters.